The molecule has 0 aliphatic carbocycles. The Kier molecular flexibility index (Phi) is 5.48. The second-order valence-corrected chi connectivity index (χ2v) is 8.47. The molecular formula is C20H30N6O2. The third-order valence-electron chi connectivity index (χ3n) is 6.44. The molecule has 0 N–H and O–H groups in total. The molecule has 4 rings (SSSR count). The molecule has 3 fully saturated rings. The molecule has 1 atom stereocenters. The summed E-state index contributed by atoms with van der Waals surface area (Å²) in [5, 5.41) is 0. The fraction of sp³-hybridized carbons (Fsp3) is 0.700. The van der Waals surface area contributed by atoms with E-state index in [9.17, 15) is 9.59 Å². The fourth-order valence-electron chi connectivity index (χ4n) is 4.78. The molecule has 0 bridgehead atoms. The van der Waals surface area contributed by atoms with Crippen molar-refractivity contribution in [1.82, 2.24) is 24.7 Å². The lowest BCUT2D eigenvalue weighted by atomic mass is 9.86. The molecule has 0 aromatic carbocycles. The Morgan fingerprint density at radius 2 is 1.54 bits per heavy atom. The quantitative estimate of drug-likeness (QED) is 0.749. The predicted molar refractivity (Wildman–Crippen MR) is 106 cm³/mol. The number of carbonyl (C=O) groups is 2. The van der Waals surface area contributed by atoms with Gasteiger partial charge in [-0.2, -0.15) is 0 Å². The average Bonchev–Trinajstić information content (AvgIpc) is 3.32. The molecule has 3 saturated heterocycles. The molecule has 0 saturated carbocycles. The molecule has 1 unspecified atom stereocenters. The summed E-state index contributed by atoms with van der Waals surface area (Å²) in [6.45, 7) is 6.69. The Labute approximate surface area is 166 Å². The van der Waals surface area contributed by atoms with Gasteiger partial charge in [0.05, 0.1) is 0 Å². The van der Waals surface area contributed by atoms with Gasteiger partial charge in [0, 0.05) is 76.5 Å². The van der Waals surface area contributed by atoms with Crippen molar-refractivity contribution in [3.63, 3.8) is 0 Å². The Morgan fingerprint density at radius 1 is 0.893 bits per heavy atom. The lowest BCUT2D eigenvalue weighted by Gasteiger charge is -2.34. The summed E-state index contributed by atoms with van der Waals surface area (Å²) in [7, 11) is 2.15. The Hall–Kier alpha value is -2.22. The Morgan fingerprint density at radius 3 is 2.18 bits per heavy atom. The van der Waals surface area contributed by atoms with Gasteiger partial charge in [-0.05, 0) is 32.5 Å². The summed E-state index contributed by atoms with van der Waals surface area (Å²) in [5.74, 6) is 0.929. The highest BCUT2D eigenvalue weighted by Crippen LogP contribution is 2.39. The van der Waals surface area contributed by atoms with Crippen molar-refractivity contribution in [1.29, 1.82) is 0 Å². The van der Waals surface area contributed by atoms with Gasteiger partial charge >= 0.3 is 0 Å². The van der Waals surface area contributed by atoms with E-state index in [1.807, 2.05) is 9.80 Å². The van der Waals surface area contributed by atoms with Crippen molar-refractivity contribution in [2.75, 3.05) is 64.3 Å². The van der Waals surface area contributed by atoms with Gasteiger partial charge in [-0.1, -0.05) is 0 Å². The summed E-state index contributed by atoms with van der Waals surface area (Å²) in [4.78, 5) is 42.0. The van der Waals surface area contributed by atoms with Crippen LogP contribution in [0.2, 0.25) is 0 Å². The number of piperazine rings is 1. The van der Waals surface area contributed by atoms with E-state index in [0.717, 1.165) is 45.7 Å². The summed E-state index contributed by atoms with van der Waals surface area (Å²) >= 11 is 0. The van der Waals surface area contributed by atoms with E-state index >= 15 is 0 Å². The number of hydrogen-bond donors (Lipinski definition) is 0. The maximum Gasteiger partial charge on any atom is 0.225 e. The lowest BCUT2D eigenvalue weighted by Crippen LogP contribution is -2.49. The number of amides is 2. The number of carbonyl (C=O) groups excluding carboxylic acids is 2. The van der Waals surface area contributed by atoms with E-state index in [-0.39, 0.29) is 11.8 Å². The van der Waals surface area contributed by atoms with Crippen LogP contribution < -0.4 is 4.90 Å². The molecule has 1 aromatic heterocycles. The van der Waals surface area contributed by atoms with Crippen LogP contribution in [-0.4, -0.2) is 95.9 Å². The first-order valence-electron chi connectivity index (χ1n) is 10.3. The summed E-state index contributed by atoms with van der Waals surface area (Å²) < 4.78 is 0. The molecule has 3 aliphatic heterocycles. The third-order valence-corrected chi connectivity index (χ3v) is 6.44. The molecule has 4 heterocycles. The summed E-state index contributed by atoms with van der Waals surface area (Å²) in [6, 6.07) is 1.80. The van der Waals surface area contributed by atoms with E-state index in [4.69, 9.17) is 0 Å². The van der Waals surface area contributed by atoms with Gasteiger partial charge in [0.15, 0.2) is 0 Å². The van der Waals surface area contributed by atoms with Crippen molar-refractivity contribution in [2.24, 2.45) is 5.41 Å². The predicted octanol–water partition coefficient (Wildman–Crippen LogP) is 0.460. The van der Waals surface area contributed by atoms with Crippen LogP contribution in [0.15, 0.2) is 18.5 Å². The molecule has 1 spiro atoms. The van der Waals surface area contributed by atoms with Crippen LogP contribution in [0.5, 0.6) is 0 Å². The van der Waals surface area contributed by atoms with Crippen LogP contribution in [0.3, 0.4) is 0 Å². The van der Waals surface area contributed by atoms with Gasteiger partial charge in [-0.25, -0.2) is 9.97 Å². The third kappa shape index (κ3) is 4.11. The van der Waals surface area contributed by atoms with E-state index < -0.39 is 0 Å². The largest absolute Gasteiger partial charge is 0.342 e. The van der Waals surface area contributed by atoms with Crippen molar-refractivity contribution >= 4 is 17.8 Å². The Balaban J connectivity index is 1.20. The van der Waals surface area contributed by atoms with Gasteiger partial charge in [-0.3, -0.25) is 9.59 Å². The first-order valence-corrected chi connectivity index (χ1v) is 10.3. The van der Waals surface area contributed by atoms with Crippen molar-refractivity contribution in [2.45, 2.75) is 25.7 Å². The van der Waals surface area contributed by atoms with Gasteiger partial charge in [0.25, 0.3) is 0 Å². The maximum absolute atomic E-state index is 12.6. The average molecular weight is 387 g/mol. The highest BCUT2D eigenvalue weighted by Gasteiger charge is 2.43. The lowest BCUT2D eigenvalue weighted by molar-refractivity contribution is -0.136. The fourth-order valence-corrected chi connectivity index (χ4v) is 4.78. The van der Waals surface area contributed by atoms with Crippen LogP contribution in [-0.2, 0) is 9.59 Å². The van der Waals surface area contributed by atoms with Crippen LogP contribution in [0.1, 0.15) is 25.7 Å². The van der Waals surface area contributed by atoms with Crippen LogP contribution >= 0.6 is 0 Å². The Bertz CT molecular complexity index is 706. The number of anilines is 1. The zero-order valence-corrected chi connectivity index (χ0v) is 16.7. The van der Waals surface area contributed by atoms with Crippen molar-refractivity contribution in [3.05, 3.63) is 18.5 Å². The van der Waals surface area contributed by atoms with Crippen molar-refractivity contribution < 1.29 is 9.59 Å². The zero-order valence-electron chi connectivity index (χ0n) is 16.7. The standard InChI is InChI=1S/C20H30N6O2/c1-23-9-5-20(15-23)6-10-26(16-20)18(28)4-3-17(27)24-11-13-25(14-12-24)19-21-7-2-8-22-19/h2,7-8H,3-6,9-16H2,1H3. The molecule has 28 heavy (non-hydrogen) atoms. The van der Waals surface area contributed by atoms with Gasteiger partial charge in [0.2, 0.25) is 17.8 Å². The van der Waals surface area contributed by atoms with Gasteiger partial charge in [-0.15, -0.1) is 0 Å². The molecule has 152 valence electrons. The minimum Gasteiger partial charge on any atom is -0.342 e. The van der Waals surface area contributed by atoms with E-state index in [1.165, 1.54) is 6.42 Å². The summed E-state index contributed by atoms with van der Waals surface area (Å²) in [6.07, 6.45) is 6.38. The number of rotatable bonds is 4. The zero-order chi connectivity index (χ0) is 19.6. The first-order chi connectivity index (χ1) is 13.5. The molecule has 8 nitrogen and oxygen atoms in total. The van der Waals surface area contributed by atoms with E-state index in [1.54, 1.807) is 18.5 Å². The number of aromatic nitrogens is 2. The second kappa shape index (κ2) is 8.03. The molecule has 2 amide bonds. The van der Waals surface area contributed by atoms with Crippen LogP contribution in [0.25, 0.3) is 0 Å². The molecular weight excluding hydrogens is 356 g/mol. The minimum atomic E-state index is 0.0801. The molecule has 3 aliphatic rings. The van der Waals surface area contributed by atoms with E-state index in [2.05, 4.69) is 26.8 Å². The highest BCUT2D eigenvalue weighted by atomic mass is 16.2. The molecule has 1 aromatic rings. The highest BCUT2D eigenvalue weighted by molar-refractivity contribution is 5.84. The number of hydrogen-bond acceptors (Lipinski definition) is 6. The maximum atomic E-state index is 12.6. The molecule has 0 radical (unpaired) electrons. The normalized spacial score (nSPS) is 25.7. The summed E-state index contributed by atoms with van der Waals surface area (Å²) in [5.41, 5.74) is 0.296. The minimum absolute atomic E-state index is 0.0801. The first kappa shape index (κ1) is 19.1. The monoisotopic (exact) mass is 386 g/mol. The molecule has 8 heteroatoms. The second-order valence-electron chi connectivity index (χ2n) is 8.47. The number of nitrogens with zero attached hydrogens (tertiary/aromatic N) is 6. The smallest absolute Gasteiger partial charge is 0.225 e. The van der Waals surface area contributed by atoms with Crippen LogP contribution in [0.4, 0.5) is 5.95 Å². The topological polar surface area (TPSA) is 72.9 Å². The van der Waals surface area contributed by atoms with Crippen LogP contribution in [0, 0.1) is 5.41 Å². The van der Waals surface area contributed by atoms with Crippen molar-refractivity contribution in [3.8, 4) is 0 Å². The number of likely N-dealkylation sites (tertiary alicyclic amines) is 2. The van der Waals surface area contributed by atoms with Gasteiger partial charge in [0.1, 0.15) is 0 Å². The SMILES string of the molecule is CN1CCC2(CCN(C(=O)CCC(=O)N3CCN(c4ncccn4)CC3)C2)C1. The van der Waals surface area contributed by atoms with Gasteiger partial charge < -0.3 is 19.6 Å². The van der Waals surface area contributed by atoms with E-state index in [0.29, 0.717) is 37.3 Å².